The van der Waals surface area contributed by atoms with Crippen LogP contribution >= 0.6 is 24.0 Å². The third-order valence-electron chi connectivity index (χ3n) is 4.26. The highest BCUT2D eigenvalue weighted by Crippen LogP contribution is 2.32. The Bertz CT molecular complexity index is 531. The average Bonchev–Trinajstić information content (AvgIpc) is 3.06. The largest absolute Gasteiger partial charge is 0.493 e. The van der Waals surface area contributed by atoms with Crippen molar-refractivity contribution in [1.29, 1.82) is 0 Å². The lowest BCUT2D eigenvalue weighted by molar-refractivity contribution is 0.200. The fourth-order valence-electron chi connectivity index (χ4n) is 2.67. The fourth-order valence-corrected chi connectivity index (χ4v) is 2.67. The number of methoxy groups -OCH3 is 1. The Morgan fingerprint density at radius 2 is 2.04 bits per heavy atom. The summed E-state index contributed by atoms with van der Waals surface area (Å²) in [5.74, 6) is 2.06. The number of hydrogen-bond donors (Lipinski definition) is 2. The molecule has 1 aromatic rings. The van der Waals surface area contributed by atoms with Gasteiger partial charge in [0.05, 0.1) is 19.8 Å². The third kappa shape index (κ3) is 6.37. The van der Waals surface area contributed by atoms with Crippen LogP contribution in [0.15, 0.2) is 23.2 Å². The third-order valence-corrected chi connectivity index (χ3v) is 4.26. The smallest absolute Gasteiger partial charge is 0.189 e. The molecule has 0 spiro atoms. The van der Waals surface area contributed by atoms with Crippen molar-refractivity contribution < 1.29 is 9.47 Å². The van der Waals surface area contributed by atoms with E-state index in [1.807, 2.05) is 18.2 Å². The molecular formula is C18H30IN3O2. The van der Waals surface area contributed by atoms with E-state index < -0.39 is 0 Å². The maximum atomic E-state index is 6.11. The molecule has 1 aliphatic rings. The number of ether oxygens (including phenoxy) is 2. The van der Waals surface area contributed by atoms with Gasteiger partial charge in [-0.2, -0.15) is 0 Å². The van der Waals surface area contributed by atoms with Crippen LogP contribution < -0.4 is 20.5 Å². The highest BCUT2D eigenvalue weighted by atomic mass is 127. The number of benzene rings is 1. The van der Waals surface area contributed by atoms with Gasteiger partial charge in [-0.1, -0.05) is 13.0 Å². The summed E-state index contributed by atoms with van der Waals surface area (Å²) in [6.07, 6.45) is 6.05. The van der Waals surface area contributed by atoms with E-state index in [9.17, 15) is 0 Å². The molecule has 0 heterocycles. The summed E-state index contributed by atoms with van der Waals surface area (Å²) in [5.41, 5.74) is 6.97. The van der Waals surface area contributed by atoms with Gasteiger partial charge in [-0.15, -0.1) is 24.0 Å². The van der Waals surface area contributed by atoms with Crippen molar-refractivity contribution in [2.24, 2.45) is 10.7 Å². The van der Waals surface area contributed by atoms with E-state index in [1.165, 1.54) is 12.8 Å². The van der Waals surface area contributed by atoms with Crippen LogP contribution in [0.3, 0.4) is 0 Å². The predicted octanol–water partition coefficient (Wildman–Crippen LogP) is 3.84. The summed E-state index contributed by atoms with van der Waals surface area (Å²) in [6, 6.07) is 6.28. The van der Waals surface area contributed by atoms with E-state index in [0.29, 0.717) is 24.7 Å². The number of nitrogens with two attached hydrogens (primary N) is 1. The molecule has 1 aliphatic carbocycles. The van der Waals surface area contributed by atoms with Crippen molar-refractivity contribution in [2.45, 2.75) is 64.6 Å². The lowest BCUT2D eigenvalue weighted by Gasteiger charge is -2.16. The summed E-state index contributed by atoms with van der Waals surface area (Å²) < 4.78 is 11.5. The molecule has 0 amide bonds. The molecule has 1 atom stereocenters. The molecule has 136 valence electrons. The van der Waals surface area contributed by atoms with Gasteiger partial charge in [0.25, 0.3) is 0 Å². The Morgan fingerprint density at radius 1 is 1.33 bits per heavy atom. The highest BCUT2D eigenvalue weighted by molar-refractivity contribution is 14.0. The zero-order chi connectivity index (χ0) is 16.7. The second kappa shape index (κ2) is 10.6. The van der Waals surface area contributed by atoms with Crippen molar-refractivity contribution >= 4 is 29.9 Å². The molecule has 1 unspecified atom stereocenters. The minimum Gasteiger partial charge on any atom is -0.493 e. The second-order valence-corrected chi connectivity index (χ2v) is 6.16. The topological polar surface area (TPSA) is 68.9 Å². The Balaban J connectivity index is 0.00000288. The first-order valence-corrected chi connectivity index (χ1v) is 8.52. The Hall–Kier alpha value is -1.18. The van der Waals surface area contributed by atoms with E-state index in [-0.39, 0.29) is 24.0 Å². The number of nitrogens with zero attached hydrogens (tertiary/aromatic N) is 1. The van der Waals surface area contributed by atoms with Crippen molar-refractivity contribution in [3.8, 4) is 11.5 Å². The molecule has 0 aromatic heterocycles. The first-order chi connectivity index (χ1) is 11.1. The molecule has 1 fully saturated rings. The molecule has 2 rings (SSSR count). The summed E-state index contributed by atoms with van der Waals surface area (Å²) in [5, 5.41) is 3.17. The first-order valence-electron chi connectivity index (χ1n) is 8.52. The average molecular weight is 447 g/mol. The van der Waals surface area contributed by atoms with E-state index >= 15 is 0 Å². The lowest BCUT2D eigenvalue weighted by Crippen LogP contribution is -2.38. The predicted molar refractivity (Wildman–Crippen MR) is 110 cm³/mol. The second-order valence-electron chi connectivity index (χ2n) is 6.16. The summed E-state index contributed by atoms with van der Waals surface area (Å²) >= 11 is 0. The molecule has 24 heavy (non-hydrogen) atoms. The molecular weight excluding hydrogens is 417 g/mol. The Labute approximate surface area is 162 Å². The van der Waals surface area contributed by atoms with Gasteiger partial charge in [-0.05, 0) is 56.7 Å². The van der Waals surface area contributed by atoms with Crippen LogP contribution in [-0.2, 0) is 6.54 Å². The number of hydrogen-bond acceptors (Lipinski definition) is 3. The number of rotatable bonds is 7. The monoisotopic (exact) mass is 447 g/mol. The maximum absolute atomic E-state index is 6.11. The van der Waals surface area contributed by atoms with E-state index in [4.69, 9.17) is 15.2 Å². The van der Waals surface area contributed by atoms with Crippen LogP contribution in [0.5, 0.6) is 11.5 Å². The SMILES string of the molecule is CCC(C)NC(N)=NCc1ccc(OC)c(OC2CCCC2)c1.I. The van der Waals surface area contributed by atoms with Crippen molar-refractivity contribution in [2.75, 3.05) is 7.11 Å². The van der Waals surface area contributed by atoms with Gasteiger partial charge in [0.1, 0.15) is 0 Å². The van der Waals surface area contributed by atoms with Gasteiger partial charge in [0, 0.05) is 6.04 Å². The normalized spacial score (nSPS) is 16.4. The van der Waals surface area contributed by atoms with E-state index in [1.54, 1.807) is 7.11 Å². The van der Waals surface area contributed by atoms with Crippen LogP contribution in [0.4, 0.5) is 0 Å². The van der Waals surface area contributed by atoms with Gasteiger partial charge in [-0.3, -0.25) is 0 Å². The molecule has 5 nitrogen and oxygen atoms in total. The van der Waals surface area contributed by atoms with Crippen molar-refractivity contribution in [3.05, 3.63) is 23.8 Å². The Kier molecular flexibility index (Phi) is 9.25. The van der Waals surface area contributed by atoms with Gasteiger partial charge in [0.2, 0.25) is 0 Å². The number of guanidine groups is 1. The number of halogens is 1. The molecule has 6 heteroatoms. The molecule has 3 N–H and O–H groups in total. The van der Waals surface area contributed by atoms with Crippen molar-refractivity contribution in [1.82, 2.24) is 5.32 Å². The van der Waals surface area contributed by atoms with Crippen molar-refractivity contribution in [3.63, 3.8) is 0 Å². The van der Waals surface area contributed by atoms with E-state index in [0.717, 1.165) is 36.3 Å². The van der Waals surface area contributed by atoms with E-state index in [2.05, 4.69) is 24.2 Å². The molecule has 0 aliphatic heterocycles. The number of nitrogens with one attached hydrogen (secondary N) is 1. The van der Waals surface area contributed by atoms with Gasteiger partial charge < -0.3 is 20.5 Å². The van der Waals surface area contributed by atoms with Crippen LogP contribution in [0.1, 0.15) is 51.5 Å². The van der Waals surface area contributed by atoms with Gasteiger partial charge in [-0.25, -0.2) is 4.99 Å². The zero-order valence-electron chi connectivity index (χ0n) is 14.9. The zero-order valence-corrected chi connectivity index (χ0v) is 17.2. The Morgan fingerprint density at radius 3 is 2.67 bits per heavy atom. The summed E-state index contributed by atoms with van der Waals surface area (Å²) in [4.78, 5) is 4.40. The van der Waals surface area contributed by atoms with Crippen LogP contribution in [0, 0.1) is 0 Å². The van der Waals surface area contributed by atoms with Crippen LogP contribution in [-0.4, -0.2) is 25.2 Å². The van der Waals surface area contributed by atoms with Gasteiger partial charge >= 0.3 is 0 Å². The van der Waals surface area contributed by atoms with Crippen LogP contribution in [0.25, 0.3) is 0 Å². The minimum atomic E-state index is 0. The molecule has 1 saturated carbocycles. The number of aliphatic imine (C=N–C) groups is 1. The molecule has 0 saturated heterocycles. The molecule has 1 aromatic carbocycles. The molecule has 0 radical (unpaired) electrons. The molecule has 0 bridgehead atoms. The standard InChI is InChI=1S/C18H29N3O2.HI/c1-4-13(2)21-18(19)20-12-14-9-10-16(22-3)17(11-14)23-15-7-5-6-8-15;/h9-11,13,15H,4-8,12H2,1-3H3,(H3,19,20,21);1H. The summed E-state index contributed by atoms with van der Waals surface area (Å²) in [6.45, 7) is 4.73. The van der Waals surface area contributed by atoms with Crippen LogP contribution in [0.2, 0.25) is 0 Å². The fraction of sp³-hybridized carbons (Fsp3) is 0.611. The first kappa shape index (κ1) is 20.9. The minimum absolute atomic E-state index is 0. The van der Waals surface area contributed by atoms with Gasteiger partial charge in [0.15, 0.2) is 17.5 Å². The maximum Gasteiger partial charge on any atom is 0.189 e. The highest BCUT2D eigenvalue weighted by Gasteiger charge is 2.18. The quantitative estimate of drug-likeness (QED) is 0.379. The lowest BCUT2D eigenvalue weighted by atomic mass is 10.2. The summed E-state index contributed by atoms with van der Waals surface area (Å²) in [7, 11) is 1.67.